The molecule has 19 heavy (non-hydrogen) atoms. The van der Waals surface area contributed by atoms with E-state index < -0.39 is 0 Å². The number of nitrogens with zero attached hydrogens (tertiary/aromatic N) is 1. The molecule has 1 aliphatic heterocycles. The quantitative estimate of drug-likeness (QED) is 0.902. The van der Waals surface area contributed by atoms with Gasteiger partial charge in [0.05, 0.1) is 5.92 Å². The Labute approximate surface area is 116 Å². The van der Waals surface area contributed by atoms with Gasteiger partial charge in [-0.3, -0.25) is 4.79 Å². The first kappa shape index (κ1) is 14.1. The maximum Gasteiger partial charge on any atom is 0.231 e. The highest BCUT2D eigenvalue weighted by molar-refractivity contribution is 5.85. The van der Waals surface area contributed by atoms with E-state index in [1.54, 1.807) is 0 Å². The molecular formula is C16H24N2O. The van der Waals surface area contributed by atoms with Crippen LogP contribution in [0, 0.1) is 0 Å². The highest BCUT2D eigenvalue weighted by Crippen LogP contribution is 2.26. The Morgan fingerprint density at radius 1 is 1.42 bits per heavy atom. The highest BCUT2D eigenvalue weighted by Gasteiger charge is 2.30. The molecule has 2 rings (SSSR count). The molecule has 0 aliphatic carbocycles. The summed E-state index contributed by atoms with van der Waals surface area (Å²) >= 11 is 0. The van der Waals surface area contributed by atoms with Crippen LogP contribution in [0.3, 0.4) is 0 Å². The minimum Gasteiger partial charge on any atom is -0.340 e. The summed E-state index contributed by atoms with van der Waals surface area (Å²) in [5.74, 6) is 0.232. The van der Waals surface area contributed by atoms with E-state index in [-0.39, 0.29) is 11.8 Å². The van der Waals surface area contributed by atoms with Gasteiger partial charge in [-0.2, -0.15) is 0 Å². The molecule has 0 saturated heterocycles. The van der Waals surface area contributed by atoms with Gasteiger partial charge in [0, 0.05) is 25.7 Å². The minimum absolute atomic E-state index is 0.0288. The van der Waals surface area contributed by atoms with Gasteiger partial charge >= 0.3 is 0 Å². The number of hydrogen-bond acceptors (Lipinski definition) is 2. The van der Waals surface area contributed by atoms with E-state index in [1.807, 2.05) is 17.0 Å². The largest absolute Gasteiger partial charge is 0.340 e. The van der Waals surface area contributed by atoms with Crippen LogP contribution < -0.4 is 5.32 Å². The highest BCUT2D eigenvalue weighted by atomic mass is 16.2. The summed E-state index contributed by atoms with van der Waals surface area (Å²) in [4.78, 5) is 14.8. The lowest BCUT2D eigenvalue weighted by atomic mass is 9.89. The third-order valence-corrected chi connectivity index (χ3v) is 4.14. The summed E-state index contributed by atoms with van der Waals surface area (Å²) in [7, 11) is 0. The molecule has 0 bridgehead atoms. The molecule has 1 amide bonds. The van der Waals surface area contributed by atoms with Crippen molar-refractivity contribution in [1.82, 2.24) is 10.2 Å². The van der Waals surface area contributed by atoms with Gasteiger partial charge in [-0.1, -0.05) is 31.2 Å². The Morgan fingerprint density at radius 3 is 2.84 bits per heavy atom. The average Bonchev–Trinajstić information content (AvgIpc) is 2.47. The normalized spacial score (nSPS) is 19.6. The standard InChI is InChI=1S/C16H24N2O/c1-4-12(3)18(5-2)16(19)15-11-17-10-13-8-6-7-9-14(13)15/h6-9,12,15,17H,4-5,10-11H2,1-3H3. The molecule has 1 aromatic rings. The van der Waals surface area contributed by atoms with E-state index in [2.05, 4.69) is 38.2 Å². The first-order valence-electron chi connectivity index (χ1n) is 7.28. The van der Waals surface area contributed by atoms with Gasteiger partial charge in [0.25, 0.3) is 0 Å². The topological polar surface area (TPSA) is 32.3 Å². The molecule has 1 aliphatic rings. The SMILES string of the molecule is CCC(C)N(CC)C(=O)C1CNCc2ccccc21. The van der Waals surface area contributed by atoms with Crippen molar-refractivity contribution in [3.8, 4) is 0 Å². The number of fused-ring (bicyclic) bond motifs is 1. The Morgan fingerprint density at radius 2 is 2.16 bits per heavy atom. The fourth-order valence-electron chi connectivity index (χ4n) is 2.82. The van der Waals surface area contributed by atoms with E-state index >= 15 is 0 Å². The summed E-state index contributed by atoms with van der Waals surface area (Å²) in [6.45, 7) is 8.73. The Balaban J connectivity index is 2.25. The zero-order valence-electron chi connectivity index (χ0n) is 12.1. The summed E-state index contributed by atoms with van der Waals surface area (Å²) in [5.41, 5.74) is 2.46. The van der Waals surface area contributed by atoms with E-state index in [0.29, 0.717) is 6.04 Å². The molecule has 0 fully saturated rings. The molecule has 0 radical (unpaired) electrons. The summed E-state index contributed by atoms with van der Waals surface area (Å²) in [5, 5.41) is 3.36. The van der Waals surface area contributed by atoms with Crippen LogP contribution >= 0.6 is 0 Å². The van der Waals surface area contributed by atoms with Crippen molar-refractivity contribution in [2.45, 2.75) is 45.7 Å². The lowest BCUT2D eigenvalue weighted by molar-refractivity contribution is -0.134. The van der Waals surface area contributed by atoms with Crippen molar-refractivity contribution in [2.24, 2.45) is 0 Å². The molecule has 3 heteroatoms. The first-order chi connectivity index (χ1) is 9.19. The zero-order valence-corrected chi connectivity index (χ0v) is 12.1. The monoisotopic (exact) mass is 260 g/mol. The van der Waals surface area contributed by atoms with Gasteiger partial charge in [-0.05, 0) is 31.4 Å². The predicted molar refractivity (Wildman–Crippen MR) is 78.0 cm³/mol. The molecule has 1 aromatic carbocycles. The molecule has 0 spiro atoms. The molecule has 3 nitrogen and oxygen atoms in total. The first-order valence-corrected chi connectivity index (χ1v) is 7.28. The van der Waals surface area contributed by atoms with Crippen molar-refractivity contribution < 1.29 is 4.79 Å². The number of carbonyl (C=O) groups excluding carboxylic acids is 1. The van der Waals surface area contributed by atoms with Crippen LogP contribution in [-0.4, -0.2) is 29.9 Å². The summed E-state index contributed by atoms with van der Waals surface area (Å²) in [6, 6.07) is 8.60. The van der Waals surface area contributed by atoms with Crippen molar-refractivity contribution in [1.29, 1.82) is 0 Å². The van der Waals surface area contributed by atoms with Crippen LogP contribution in [-0.2, 0) is 11.3 Å². The number of amides is 1. The Kier molecular flexibility index (Phi) is 4.59. The third kappa shape index (κ3) is 2.81. The lowest BCUT2D eigenvalue weighted by Gasteiger charge is -2.34. The second kappa shape index (κ2) is 6.20. The van der Waals surface area contributed by atoms with Gasteiger partial charge in [-0.25, -0.2) is 0 Å². The summed E-state index contributed by atoms with van der Waals surface area (Å²) < 4.78 is 0. The van der Waals surface area contributed by atoms with Crippen molar-refractivity contribution >= 4 is 5.91 Å². The van der Waals surface area contributed by atoms with Crippen LogP contribution in [0.1, 0.15) is 44.2 Å². The van der Waals surface area contributed by atoms with Crippen LogP contribution in [0.15, 0.2) is 24.3 Å². The lowest BCUT2D eigenvalue weighted by Crippen LogP contribution is -2.45. The average molecular weight is 260 g/mol. The van der Waals surface area contributed by atoms with Crippen LogP contribution in [0.5, 0.6) is 0 Å². The van der Waals surface area contributed by atoms with Gasteiger partial charge < -0.3 is 10.2 Å². The van der Waals surface area contributed by atoms with Gasteiger partial charge in [0.15, 0.2) is 0 Å². The second-order valence-electron chi connectivity index (χ2n) is 5.26. The molecule has 1 N–H and O–H groups in total. The number of carbonyl (C=O) groups is 1. The molecule has 1 heterocycles. The molecular weight excluding hydrogens is 236 g/mol. The number of likely N-dealkylation sites (N-methyl/N-ethyl adjacent to an activating group) is 1. The Bertz CT molecular complexity index is 444. The van der Waals surface area contributed by atoms with Gasteiger partial charge in [0.1, 0.15) is 0 Å². The van der Waals surface area contributed by atoms with Crippen LogP contribution in [0.4, 0.5) is 0 Å². The Hall–Kier alpha value is -1.35. The number of benzene rings is 1. The fraction of sp³-hybridized carbons (Fsp3) is 0.562. The van der Waals surface area contributed by atoms with E-state index in [0.717, 1.165) is 26.1 Å². The van der Waals surface area contributed by atoms with Crippen LogP contribution in [0.25, 0.3) is 0 Å². The van der Waals surface area contributed by atoms with Crippen molar-refractivity contribution in [3.63, 3.8) is 0 Å². The predicted octanol–water partition coefficient (Wildman–Crippen LogP) is 2.52. The number of rotatable bonds is 4. The molecule has 0 aromatic heterocycles. The minimum atomic E-state index is -0.0288. The second-order valence-corrected chi connectivity index (χ2v) is 5.26. The van der Waals surface area contributed by atoms with Crippen LogP contribution in [0.2, 0.25) is 0 Å². The number of nitrogens with one attached hydrogen (secondary N) is 1. The molecule has 104 valence electrons. The molecule has 0 saturated carbocycles. The molecule has 2 unspecified atom stereocenters. The zero-order chi connectivity index (χ0) is 13.8. The smallest absolute Gasteiger partial charge is 0.231 e. The molecule has 2 atom stereocenters. The van der Waals surface area contributed by atoms with E-state index in [9.17, 15) is 4.79 Å². The van der Waals surface area contributed by atoms with E-state index in [1.165, 1.54) is 11.1 Å². The van der Waals surface area contributed by atoms with E-state index in [4.69, 9.17) is 0 Å². The van der Waals surface area contributed by atoms with Gasteiger partial charge in [0.2, 0.25) is 5.91 Å². The number of hydrogen-bond donors (Lipinski definition) is 1. The maximum atomic E-state index is 12.8. The third-order valence-electron chi connectivity index (χ3n) is 4.14. The fourth-order valence-corrected chi connectivity index (χ4v) is 2.82. The maximum absolute atomic E-state index is 12.8. The van der Waals surface area contributed by atoms with Crippen molar-refractivity contribution in [2.75, 3.05) is 13.1 Å². The van der Waals surface area contributed by atoms with Crippen molar-refractivity contribution in [3.05, 3.63) is 35.4 Å². The van der Waals surface area contributed by atoms with Gasteiger partial charge in [-0.15, -0.1) is 0 Å². The summed E-state index contributed by atoms with van der Waals surface area (Å²) in [6.07, 6.45) is 1.00.